The van der Waals surface area contributed by atoms with Crippen molar-refractivity contribution in [1.29, 1.82) is 0 Å². The number of amides is 1. The number of nitrogens with zero attached hydrogens (tertiary/aromatic N) is 1. The first-order valence-electron chi connectivity index (χ1n) is 7.59. The van der Waals surface area contributed by atoms with Gasteiger partial charge in [-0.15, -0.1) is 0 Å². The number of rotatable bonds is 7. The van der Waals surface area contributed by atoms with Gasteiger partial charge >= 0.3 is 6.61 Å². The summed E-state index contributed by atoms with van der Waals surface area (Å²) < 4.78 is 29.6. The van der Waals surface area contributed by atoms with Crippen molar-refractivity contribution in [1.82, 2.24) is 5.32 Å². The number of carbonyl (C=O) groups is 1. The van der Waals surface area contributed by atoms with Crippen LogP contribution in [0.1, 0.15) is 13.3 Å². The van der Waals surface area contributed by atoms with E-state index in [9.17, 15) is 13.6 Å². The first-order valence-corrected chi connectivity index (χ1v) is 8.98. The van der Waals surface area contributed by atoms with Crippen LogP contribution in [0.3, 0.4) is 0 Å². The number of ether oxygens (including phenoxy) is 1. The van der Waals surface area contributed by atoms with E-state index in [1.165, 1.54) is 6.07 Å². The highest BCUT2D eigenvalue weighted by Gasteiger charge is 2.27. The number of halogens is 2. The minimum Gasteiger partial charge on any atom is -0.433 e. The zero-order valence-corrected chi connectivity index (χ0v) is 14.1. The second-order valence-corrected chi connectivity index (χ2v) is 6.55. The molecule has 1 aliphatic rings. The Labute approximate surface area is 139 Å². The minimum absolute atomic E-state index is 0.0337. The third-order valence-electron chi connectivity index (χ3n) is 3.82. The maximum atomic E-state index is 12.5. The molecule has 128 valence electrons. The van der Waals surface area contributed by atoms with Crippen LogP contribution in [-0.2, 0) is 4.79 Å². The largest absolute Gasteiger partial charge is 0.433 e. The Morgan fingerprint density at radius 2 is 2.22 bits per heavy atom. The number of carbonyl (C=O) groups excluding carboxylic acids is 1. The maximum absolute atomic E-state index is 12.5. The molecule has 1 aliphatic heterocycles. The fourth-order valence-electron chi connectivity index (χ4n) is 2.68. The van der Waals surface area contributed by atoms with E-state index in [0.29, 0.717) is 18.8 Å². The number of nitrogens with one attached hydrogen (secondary N) is 1. The fourth-order valence-corrected chi connectivity index (χ4v) is 3.33. The Morgan fingerprint density at radius 3 is 2.91 bits per heavy atom. The summed E-state index contributed by atoms with van der Waals surface area (Å²) in [7, 11) is 0. The molecule has 1 amide bonds. The van der Waals surface area contributed by atoms with Gasteiger partial charge in [0.15, 0.2) is 0 Å². The van der Waals surface area contributed by atoms with Gasteiger partial charge in [0.2, 0.25) is 5.91 Å². The highest BCUT2D eigenvalue weighted by Crippen LogP contribution is 2.31. The van der Waals surface area contributed by atoms with Crippen LogP contribution in [0.2, 0.25) is 0 Å². The van der Waals surface area contributed by atoms with E-state index in [0.717, 1.165) is 12.2 Å². The third-order valence-corrected chi connectivity index (χ3v) is 4.65. The number of benzene rings is 1. The molecule has 1 saturated heterocycles. The number of hydrogen-bond donors (Lipinski definition) is 1. The van der Waals surface area contributed by atoms with Gasteiger partial charge in [0.1, 0.15) is 5.75 Å². The molecule has 2 rings (SSSR count). The van der Waals surface area contributed by atoms with Crippen molar-refractivity contribution in [3.63, 3.8) is 0 Å². The number of anilines is 1. The van der Waals surface area contributed by atoms with E-state index < -0.39 is 6.61 Å². The zero-order chi connectivity index (χ0) is 16.8. The maximum Gasteiger partial charge on any atom is 0.387 e. The van der Waals surface area contributed by atoms with E-state index in [4.69, 9.17) is 0 Å². The van der Waals surface area contributed by atoms with Crippen molar-refractivity contribution in [2.75, 3.05) is 30.0 Å². The van der Waals surface area contributed by atoms with Gasteiger partial charge in [0.05, 0.1) is 5.69 Å². The summed E-state index contributed by atoms with van der Waals surface area (Å²) in [5.41, 5.74) is 0.640. The second-order valence-electron chi connectivity index (χ2n) is 5.64. The predicted molar refractivity (Wildman–Crippen MR) is 89.4 cm³/mol. The number of alkyl halides is 2. The van der Waals surface area contributed by atoms with Crippen molar-refractivity contribution in [3.8, 4) is 5.75 Å². The van der Waals surface area contributed by atoms with Gasteiger partial charge in [-0.2, -0.15) is 20.5 Å². The van der Waals surface area contributed by atoms with Crippen molar-refractivity contribution >= 4 is 23.4 Å². The Kier molecular flexibility index (Phi) is 6.50. The molecule has 1 heterocycles. The summed E-state index contributed by atoms with van der Waals surface area (Å²) in [6.07, 6.45) is 2.77. The molecule has 1 aromatic carbocycles. The number of hydrogen-bond acceptors (Lipinski definition) is 4. The lowest BCUT2D eigenvalue weighted by atomic mass is 10.1. The van der Waals surface area contributed by atoms with E-state index in [2.05, 4.69) is 10.1 Å². The van der Waals surface area contributed by atoms with Crippen LogP contribution < -0.4 is 15.0 Å². The molecule has 7 heteroatoms. The summed E-state index contributed by atoms with van der Waals surface area (Å²) >= 11 is 1.64. The van der Waals surface area contributed by atoms with Gasteiger partial charge in [-0.3, -0.25) is 4.79 Å². The van der Waals surface area contributed by atoms with Crippen LogP contribution in [0.15, 0.2) is 24.3 Å². The summed E-state index contributed by atoms with van der Waals surface area (Å²) in [6.45, 7) is 0.360. The van der Waals surface area contributed by atoms with Crippen LogP contribution in [0.25, 0.3) is 0 Å². The molecule has 0 bridgehead atoms. The van der Waals surface area contributed by atoms with Crippen molar-refractivity contribution in [2.45, 2.75) is 26.0 Å². The molecule has 1 aromatic rings. The van der Waals surface area contributed by atoms with E-state index in [-0.39, 0.29) is 23.6 Å². The lowest BCUT2D eigenvalue weighted by molar-refractivity contribution is -0.124. The van der Waals surface area contributed by atoms with E-state index >= 15 is 0 Å². The molecular weight excluding hydrogens is 322 g/mol. The Hall–Kier alpha value is -1.50. The monoisotopic (exact) mass is 344 g/mol. The Balaban J connectivity index is 1.96. The molecule has 0 saturated carbocycles. The molecule has 0 unspecified atom stereocenters. The Bertz CT molecular complexity index is 531. The molecule has 1 N–H and O–H groups in total. The summed E-state index contributed by atoms with van der Waals surface area (Å²) in [4.78, 5) is 14.1. The molecule has 1 fully saturated rings. The molecule has 23 heavy (non-hydrogen) atoms. The standard InChI is InChI=1S/C16H22F2N2O2S/c1-11(10-23-2)15(21)19-12-7-8-20(9-12)13-5-3-4-6-14(13)22-16(17)18/h3-6,11-12,16H,7-10H2,1-2H3,(H,19,21)/t11-,12-/m1/s1. The quantitative estimate of drug-likeness (QED) is 0.826. The Morgan fingerprint density at radius 1 is 1.48 bits per heavy atom. The van der Waals surface area contributed by atoms with Gasteiger partial charge in [-0.1, -0.05) is 19.1 Å². The highest BCUT2D eigenvalue weighted by atomic mass is 32.2. The topological polar surface area (TPSA) is 41.6 Å². The molecule has 0 aliphatic carbocycles. The number of thioether (sulfide) groups is 1. The van der Waals surface area contributed by atoms with Gasteiger partial charge in [-0.25, -0.2) is 0 Å². The molecule has 2 atom stereocenters. The molecule has 4 nitrogen and oxygen atoms in total. The minimum atomic E-state index is -2.85. The average Bonchev–Trinajstić information content (AvgIpc) is 2.95. The van der Waals surface area contributed by atoms with E-state index in [1.807, 2.05) is 18.1 Å². The van der Waals surface area contributed by atoms with Crippen molar-refractivity contribution in [2.24, 2.45) is 5.92 Å². The molecule has 0 radical (unpaired) electrons. The zero-order valence-electron chi connectivity index (χ0n) is 13.3. The molecular formula is C16H22F2N2O2S. The second kappa shape index (κ2) is 8.38. The first kappa shape index (κ1) is 17.8. The average molecular weight is 344 g/mol. The van der Waals surface area contributed by atoms with Crippen molar-refractivity contribution in [3.05, 3.63) is 24.3 Å². The van der Waals surface area contributed by atoms with Crippen LogP contribution in [0.4, 0.5) is 14.5 Å². The van der Waals surface area contributed by atoms with Gasteiger partial charge < -0.3 is 15.0 Å². The summed E-state index contributed by atoms with van der Waals surface area (Å²) in [5.74, 6) is 0.967. The van der Waals surface area contributed by atoms with Gasteiger partial charge in [0.25, 0.3) is 0 Å². The van der Waals surface area contributed by atoms with Crippen molar-refractivity contribution < 1.29 is 18.3 Å². The first-order chi connectivity index (χ1) is 11.0. The van der Waals surface area contributed by atoms with Crippen LogP contribution in [0.5, 0.6) is 5.75 Å². The van der Waals surface area contributed by atoms with Gasteiger partial charge in [-0.05, 0) is 24.8 Å². The fraction of sp³-hybridized carbons (Fsp3) is 0.562. The van der Waals surface area contributed by atoms with Crippen LogP contribution >= 0.6 is 11.8 Å². The van der Waals surface area contributed by atoms with Crippen LogP contribution in [-0.4, -0.2) is 43.7 Å². The predicted octanol–water partition coefficient (Wildman–Crippen LogP) is 2.98. The smallest absolute Gasteiger partial charge is 0.387 e. The van der Waals surface area contributed by atoms with Crippen LogP contribution in [0, 0.1) is 5.92 Å². The summed E-state index contributed by atoms with van der Waals surface area (Å²) in [6, 6.07) is 6.79. The van der Waals surface area contributed by atoms with Gasteiger partial charge in [0, 0.05) is 30.8 Å². The lowest BCUT2D eigenvalue weighted by Crippen LogP contribution is -2.40. The normalized spacial score (nSPS) is 19.0. The highest BCUT2D eigenvalue weighted by molar-refractivity contribution is 7.98. The number of para-hydroxylation sites is 2. The SMILES string of the molecule is CSC[C@@H](C)C(=O)N[C@@H]1CCN(c2ccccc2OC(F)F)C1. The third kappa shape index (κ3) is 4.99. The summed E-state index contributed by atoms with van der Waals surface area (Å²) in [5, 5.41) is 3.04. The lowest BCUT2D eigenvalue weighted by Gasteiger charge is -2.22. The van der Waals surface area contributed by atoms with E-state index in [1.54, 1.807) is 30.0 Å². The molecule has 0 aromatic heterocycles. The molecule has 0 spiro atoms.